The highest BCUT2D eigenvalue weighted by Crippen LogP contribution is 2.24. The standard InChI is InChI=1S/C13H24N2O5S/c16-12-2-1-11(9-12)10-14-13(17)3-8-21(18,19)15-4-6-20-7-5-15/h11-12,16H,1-10H2,(H,14,17). The molecule has 2 unspecified atom stereocenters. The van der Waals surface area contributed by atoms with Crippen molar-refractivity contribution in [1.29, 1.82) is 0 Å². The predicted octanol–water partition coefficient (Wildman–Crippen LogP) is -0.684. The van der Waals surface area contributed by atoms with Gasteiger partial charge in [-0.25, -0.2) is 8.42 Å². The molecule has 21 heavy (non-hydrogen) atoms. The van der Waals surface area contributed by atoms with E-state index in [0.717, 1.165) is 12.8 Å². The first-order valence-electron chi connectivity index (χ1n) is 7.48. The molecule has 7 nitrogen and oxygen atoms in total. The lowest BCUT2D eigenvalue weighted by Crippen LogP contribution is -2.42. The molecule has 0 aromatic heterocycles. The summed E-state index contributed by atoms with van der Waals surface area (Å²) < 4.78 is 30.6. The largest absolute Gasteiger partial charge is 0.393 e. The Morgan fingerprint density at radius 3 is 2.62 bits per heavy atom. The van der Waals surface area contributed by atoms with Crippen LogP contribution < -0.4 is 5.32 Å². The van der Waals surface area contributed by atoms with Gasteiger partial charge in [-0.2, -0.15) is 4.31 Å². The van der Waals surface area contributed by atoms with Crippen molar-refractivity contribution in [2.24, 2.45) is 5.92 Å². The zero-order valence-corrected chi connectivity index (χ0v) is 13.0. The van der Waals surface area contributed by atoms with Gasteiger partial charge in [0.2, 0.25) is 15.9 Å². The van der Waals surface area contributed by atoms with Gasteiger partial charge in [0.15, 0.2) is 0 Å². The molecule has 2 atom stereocenters. The Morgan fingerprint density at radius 2 is 2.00 bits per heavy atom. The van der Waals surface area contributed by atoms with Crippen molar-refractivity contribution < 1.29 is 23.1 Å². The summed E-state index contributed by atoms with van der Waals surface area (Å²) in [5.41, 5.74) is 0. The van der Waals surface area contributed by atoms with Gasteiger partial charge in [-0.1, -0.05) is 0 Å². The Kier molecular flexibility index (Phi) is 5.98. The number of ether oxygens (including phenoxy) is 1. The topological polar surface area (TPSA) is 95.9 Å². The van der Waals surface area contributed by atoms with Gasteiger partial charge in [0.1, 0.15) is 0 Å². The van der Waals surface area contributed by atoms with E-state index in [2.05, 4.69) is 5.32 Å². The molecule has 0 spiro atoms. The van der Waals surface area contributed by atoms with Gasteiger partial charge >= 0.3 is 0 Å². The van der Waals surface area contributed by atoms with Gasteiger partial charge in [-0.05, 0) is 25.2 Å². The van der Waals surface area contributed by atoms with Crippen molar-refractivity contribution in [2.45, 2.75) is 31.8 Å². The Hall–Kier alpha value is -0.700. The van der Waals surface area contributed by atoms with Gasteiger partial charge in [0.25, 0.3) is 0 Å². The van der Waals surface area contributed by atoms with Crippen molar-refractivity contribution >= 4 is 15.9 Å². The van der Waals surface area contributed by atoms with Crippen LogP contribution in [0.1, 0.15) is 25.7 Å². The molecular weight excluding hydrogens is 296 g/mol. The third-order valence-corrected chi connectivity index (χ3v) is 5.92. The van der Waals surface area contributed by atoms with Crippen LogP contribution in [0.25, 0.3) is 0 Å². The molecule has 0 radical (unpaired) electrons. The number of rotatable bonds is 6. The molecule has 1 amide bonds. The zero-order valence-electron chi connectivity index (χ0n) is 12.2. The smallest absolute Gasteiger partial charge is 0.221 e. The van der Waals surface area contributed by atoms with Gasteiger partial charge in [0, 0.05) is 26.1 Å². The summed E-state index contributed by atoms with van der Waals surface area (Å²) in [7, 11) is -3.37. The van der Waals surface area contributed by atoms with E-state index in [1.807, 2.05) is 0 Å². The molecule has 2 fully saturated rings. The quantitative estimate of drug-likeness (QED) is 0.676. The molecule has 2 rings (SSSR count). The first-order chi connectivity index (χ1) is 9.97. The molecule has 2 aliphatic rings. The van der Waals surface area contributed by atoms with E-state index in [-0.39, 0.29) is 24.2 Å². The number of aliphatic hydroxyl groups is 1. The maximum absolute atomic E-state index is 12.1. The van der Waals surface area contributed by atoms with Crippen molar-refractivity contribution in [3.05, 3.63) is 0 Å². The first kappa shape index (κ1) is 16.7. The molecule has 1 saturated heterocycles. The number of hydrogen-bond donors (Lipinski definition) is 2. The molecule has 122 valence electrons. The predicted molar refractivity (Wildman–Crippen MR) is 77.2 cm³/mol. The normalized spacial score (nSPS) is 27.7. The van der Waals surface area contributed by atoms with E-state index < -0.39 is 10.0 Å². The lowest BCUT2D eigenvalue weighted by molar-refractivity contribution is -0.120. The monoisotopic (exact) mass is 320 g/mol. The number of nitrogens with one attached hydrogen (secondary N) is 1. The highest BCUT2D eigenvalue weighted by Gasteiger charge is 2.26. The highest BCUT2D eigenvalue weighted by molar-refractivity contribution is 7.89. The summed E-state index contributed by atoms with van der Waals surface area (Å²) in [4.78, 5) is 11.7. The Balaban J connectivity index is 1.68. The van der Waals surface area contributed by atoms with Crippen LogP contribution in [0.3, 0.4) is 0 Å². The highest BCUT2D eigenvalue weighted by atomic mass is 32.2. The lowest BCUT2D eigenvalue weighted by Gasteiger charge is -2.25. The van der Waals surface area contributed by atoms with E-state index in [0.29, 0.717) is 45.2 Å². The van der Waals surface area contributed by atoms with Crippen molar-refractivity contribution in [3.8, 4) is 0 Å². The summed E-state index contributed by atoms with van der Waals surface area (Å²) in [6.45, 7) is 2.08. The number of hydrogen-bond acceptors (Lipinski definition) is 5. The van der Waals surface area contributed by atoms with Crippen LogP contribution >= 0.6 is 0 Å². The second-order valence-electron chi connectivity index (χ2n) is 5.71. The second-order valence-corrected chi connectivity index (χ2v) is 7.80. The lowest BCUT2D eigenvalue weighted by atomic mass is 10.1. The van der Waals surface area contributed by atoms with E-state index in [1.54, 1.807) is 0 Å². The third-order valence-electron chi connectivity index (χ3n) is 4.05. The molecule has 8 heteroatoms. The molecule has 1 aliphatic carbocycles. The average Bonchev–Trinajstić information content (AvgIpc) is 2.90. The second kappa shape index (κ2) is 7.53. The van der Waals surface area contributed by atoms with Gasteiger partial charge < -0.3 is 15.2 Å². The van der Waals surface area contributed by atoms with Crippen molar-refractivity contribution in [1.82, 2.24) is 9.62 Å². The van der Waals surface area contributed by atoms with Crippen LogP contribution in [0.2, 0.25) is 0 Å². The fraction of sp³-hybridized carbons (Fsp3) is 0.923. The molecule has 0 aromatic rings. The molecule has 1 saturated carbocycles. The van der Waals surface area contributed by atoms with Crippen LogP contribution in [-0.4, -0.2) is 68.4 Å². The Morgan fingerprint density at radius 1 is 1.29 bits per heavy atom. The van der Waals surface area contributed by atoms with E-state index in [1.165, 1.54) is 4.31 Å². The van der Waals surface area contributed by atoms with E-state index in [4.69, 9.17) is 4.74 Å². The summed E-state index contributed by atoms with van der Waals surface area (Å²) >= 11 is 0. The van der Waals surface area contributed by atoms with Crippen molar-refractivity contribution in [3.63, 3.8) is 0 Å². The molecular formula is C13H24N2O5S. The fourth-order valence-electron chi connectivity index (χ4n) is 2.76. The summed E-state index contributed by atoms with van der Waals surface area (Å²) in [6.07, 6.45) is 2.13. The third kappa shape index (κ3) is 5.21. The SMILES string of the molecule is O=C(CCS(=O)(=O)N1CCOCC1)NCC1CCC(O)C1. The Labute approximate surface area is 125 Å². The number of carbonyl (C=O) groups excluding carboxylic acids is 1. The summed E-state index contributed by atoms with van der Waals surface area (Å²) in [5.74, 6) is -0.0976. The van der Waals surface area contributed by atoms with E-state index in [9.17, 15) is 18.3 Å². The number of nitrogens with zero attached hydrogens (tertiary/aromatic N) is 1. The van der Waals surface area contributed by atoms with Crippen LogP contribution in [0, 0.1) is 5.92 Å². The number of morpholine rings is 1. The molecule has 1 aliphatic heterocycles. The van der Waals surface area contributed by atoms with Gasteiger partial charge in [-0.15, -0.1) is 0 Å². The van der Waals surface area contributed by atoms with E-state index >= 15 is 0 Å². The van der Waals surface area contributed by atoms with Crippen LogP contribution in [0.4, 0.5) is 0 Å². The minimum Gasteiger partial charge on any atom is -0.393 e. The summed E-state index contributed by atoms with van der Waals surface area (Å²) in [6, 6.07) is 0. The zero-order chi connectivity index (χ0) is 15.3. The minimum absolute atomic E-state index is 0.0189. The van der Waals surface area contributed by atoms with Crippen LogP contribution in [0.5, 0.6) is 0 Å². The van der Waals surface area contributed by atoms with Crippen LogP contribution in [-0.2, 0) is 19.6 Å². The maximum Gasteiger partial charge on any atom is 0.221 e. The number of aliphatic hydroxyl groups excluding tert-OH is 1. The number of amides is 1. The number of sulfonamides is 1. The Bertz CT molecular complexity index is 447. The van der Waals surface area contributed by atoms with Crippen LogP contribution in [0.15, 0.2) is 0 Å². The molecule has 2 N–H and O–H groups in total. The van der Waals surface area contributed by atoms with Gasteiger partial charge in [0.05, 0.1) is 25.1 Å². The number of carbonyl (C=O) groups is 1. The first-order valence-corrected chi connectivity index (χ1v) is 9.08. The maximum atomic E-state index is 12.1. The van der Waals surface area contributed by atoms with Crippen molar-refractivity contribution in [2.75, 3.05) is 38.6 Å². The summed E-state index contributed by atoms with van der Waals surface area (Å²) in [5, 5.41) is 12.2. The molecule has 1 heterocycles. The fourth-order valence-corrected chi connectivity index (χ4v) is 4.16. The average molecular weight is 320 g/mol. The molecule has 0 aromatic carbocycles. The molecule has 0 bridgehead atoms. The minimum atomic E-state index is -3.37. The van der Waals surface area contributed by atoms with Gasteiger partial charge in [-0.3, -0.25) is 4.79 Å².